The molecular formula is C14H12N2O. The highest BCUT2D eigenvalue weighted by Crippen LogP contribution is 2.31. The van der Waals surface area contributed by atoms with Crippen molar-refractivity contribution in [2.24, 2.45) is 0 Å². The van der Waals surface area contributed by atoms with Crippen LogP contribution in [0.3, 0.4) is 0 Å². The molecule has 0 unspecified atom stereocenters. The zero-order valence-electron chi connectivity index (χ0n) is 9.50. The van der Waals surface area contributed by atoms with Gasteiger partial charge in [0, 0.05) is 11.8 Å². The van der Waals surface area contributed by atoms with Crippen molar-refractivity contribution in [1.82, 2.24) is 9.38 Å². The summed E-state index contributed by atoms with van der Waals surface area (Å²) in [7, 11) is 1.68. The summed E-state index contributed by atoms with van der Waals surface area (Å²) >= 11 is 0. The maximum absolute atomic E-state index is 5.37. The second-order valence-corrected chi connectivity index (χ2v) is 3.79. The molecule has 2 aromatic heterocycles. The van der Waals surface area contributed by atoms with Crippen LogP contribution >= 0.6 is 0 Å². The molecule has 3 aromatic rings. The molecule has 0 atom stereocenters. The van der Waals surface area contributed by atoms with Gasteiger partial charge in [0.1, 0.15) is 5.75 Å². The Bertz CT molecular complexity index is 658. The molecule has 0 amide bonds. The van der Waals surface area contributed by atoms with Gasteiger partial charge in [0.15, 0.2) is 0 Å². The second kappa shape index (κ2) is 3.94. The molecular weight excluding hydrogens is 212 g/mol. The van der Waals surface area contributed by atoms with Crippen molar-refractivity contribution in [2.45, 2.75) is 0 Å². The van der Waals surface area contributed by atoms with E-state index in [0.717, 1.165) is 22.5 Å². The topological polar surface area (TPSA) is 26.5 Å². The Morgan fingerprint density at radius 3 is 2.76 bits per heavy atom. The number of pyridine rings is 1. The zero-order chi connectivity index (χ0) is 11.7. The summed E-state index contributed by atoms with van der Waals surface area (Å²) in [5, 5.41) is 0. The number of methoxy groups -OCH3 is 1. The van der Waals surface area contributed by atoms with Crippen molar-refractivity contribution in [2.75, 3.05) is 7.11 Å². The van der Waals surface area contributed by atoms with Crippen LogP contribution in [0, 0.1) is 0 Å². The molecule has 2 heterocycles. The lowest BCUT2D eigenvalue weighted by molar-refractivity contribution is 0.416. The minimum absolute atomic E-state index is 0.844. The molecule has 0 spiro atoms. The highest BCUT2D eigenvalue weighted by Gasteiger charge is 2.10. The zero-order valence-corrected chi connectivity index (χ0v) is 9.50. The molecule has 0 aliphatic heterocycles. The van der Waals surface area contributed by atoms with Crippen molar-refractivity contribution in [3.05, 3.63) is 55.0 Å². The number of ether oxygens (including phenoxy) is 1. The Balaban J connectivity index is 2.27. The van der Waals surface area contributed by atoms with E-state index in [0.29, 0.717) is 0 Å². The van der Waals surface area contributed by atoms with Gasteiger partial charge in [-0.3, -0.25) is 0 Å². The van der Waals surface area contributed by atoms with Gasteiger partial charge < -0.3 is 9.14 Å². The molecule has 0 saturated heterocycles. The summed E-state index contributed by atoms with van der Waals surface area (Å²) < 4.78 is 7.37. The van der Waals surface area contributed by atoms with E-state index in [1.807, 2.05) is 53.3 Å². The Morgan fingerprint density at radius 2 is 1.88 bits per heavy atom. The first-order valence-corrected chi connectivity index (χ1v) is 5.45. The van der Waals surface area contributed by atoms with Crippen molar-refractivity contribution < 1.29 is 4.74 Å². The van der Waals surface area contributed by atoms with Gasteiger partial charge in [0.25, 0.3) is 0 Å². The number of benzene rings is 1. The molecule has 0 saturated carbocycles. The number of aromatic nitrogens is 2. The van der Waals surface area contributed by atoms with Gasteiger partial charge in [-0.05, 0) is 24.3 Å². The SMILES string of the molecule is COc1ccccc1-c1ncn2ccccc12. The second-order valence-electron chi connectivity index (χ2n) is 3.79. The van der Waals surface area contributed by atoms with Gasteiger partial charge in [-0.2, -0.15) is 0 Å². The van der Waals surface area contributed by atoms with Crippen LogP contribution in [0.4, 0.5) is 0 Å². The van der Waals surface area contributed by atoms with Crippen LogP contribution in [-0.4, -0.2) is 16.5 Å². The lowest BCUT2D eigenvalue weighted by Gasteiger charge is -2.05. The average Bonchev–Trinajstić information content (AvgIpc) is 2.82. The van der Waals surface area contributed by atoms with Crippen molar-refractivity contribution >= 4 is 5.52 Å². The standard InChI is InChI=1S/C14H12N2O/c1-17-13-8-3-2-6-11(13)14-12-7-4-5-9-16(12)10-15-14/h2-10H,1H3. The molecule has 3 heteroatoms. The van der Waals surface area contributed by atoms with E-state index in [9.17, 15) is 0 Å². The van der Waals surface area contributed by atoms with Crippen molar-refractivity contribution in [3.63, 3.8) is 0 Å². The Kier molecular flexibility index (Phi) is 2.29. The van der Waals surface area contributed by atoms with Gasteiger partial charge in [0.05, 0.1) is 24.6 Å². The number of fused-ring (bicyclic) bond motifs is 1. The van der Waals surface area contributed by atoms with E-state index >= 15 is 0 Å². The fraction of sp³-hybridized carbons (Fsp3) is 0.0714. The quantitative estimate of drug-likeness (QED) is 0.669. The van der Waals surface area contributed by atoms with E-state index in [4.69, 9.17) is 4.74 Å². The minimum atomic E-state index is 0.844. The summed E-state index contributed by atoms with van der Waals surface area (Å²) in [5.41, 5.74) is 3.05. The van der Waals surface area contributed by atoms with Gasteiger partial charge in [-0.15, -0.1) is 0 Å². The van der Waals surface area contributed by atoms with E-state index < -0.39 is 0 Å². The third-order valence-electron chi connectivity index (χ3n) is 2.81. The molecule has 1 aromatic carbocycles. The van der Waals surface area contributed by atoms with E-state index in [1.165, 1.54) is 0 Å². The van der Waals surface area contributed by atoms with Crippen LogP contribution in [-0.2, 0) is 0 Å². The van der Waals surface area contributed by atoms with Gasteiger partial charge in [0.2, 0.25) is 0 Å². The summed E-state index contributed by atoms with van der Waals surface area (Å²) in [4.78, 5) is 4.46. The molecule has 3 rings (SSSR count). The van der Waals surface area contributed by atoms with E-state index in [-0.39, 0.29) is 0 Å². The molecule has 0 N–H and O–H groups in total. The first-order valence-electron chi connectivity index (χ1n) is 5.45. The Morgan fingerprint density at radius 1 is 1.06 bits per heavy atom. The van der Waals surface area contributed by atoms with Crippen LogP contribution in [0.2, 0.25) is 0 Å². The Hall–Kier alpha value is -2.29. The predicted octanol–water partition coefficient (Wildman–Crippen LogP) is 3.01. The monoisotopic (exact) mass is 224 g/mol. The van der Waals surface area contributed by atoms with Gasteiger partial charge in [-0.25, -0.2) is 4.98 Å². The third-order valence-corrected chi connectivity index (χ3v) is 2.81. The lowest BCUT2D eigenvalue weighted by Crippen LogP contribution is -1.88. The van der Waals surface area contributed by atoms with E-state index in [2.05, 4.69) is 11.1 Å². The normalized spacial score (nSPS) is 10.6. The highest BCUT2D eigenvalue weighted by molar-refractivity contribution is 5.80. The average molecular weight is 224 g/mol. The van der Waals surface area contributed by atoms with Gasteiger partial charge >= 0.3 is 0 Å². The first-order chi connectivity index (χ1) is 8.40. The fourth-order valence-electron chi connectivity index (χ4n) is 1.99. The van der Waals surface area contributed by atoms with Crippen LogP contribution in [0.15, 0.2) is 55.0 Å². The molecule has 17 heavy (non-hydrogen) atoms. The first kappa shape index (κ1) is 9.90. The summed E-state index contributed by atoms with van der Waals surface area (Å²) in [6.07, 6.45) is 3.80. The Labute approximate surface area is 99.3 Å². The molecule has 0 fully saturated rings. The number of hydrogen-bond donors (Lipinski definition) is 0. The van der Waals surface area contributed by atoms with Crippen LogP contribution in [0.1, 0.15) is 0 Å². The predicted molar refractivity (Wildman–Crippen MR) is 67.2 cm³/mol. The number of hydrogen-bond acceptors (Lipinski definition) is 2. The minimum Gasteiger partial charge on any atom is -0.496 e. The molecule has 0 aliphatic carbocycles. The molecule has 0 radical (unpaired) electrons. The number of rotatable bonds is 2. The largest absolute Gasteiger partial charge is 0.496 e. The van der Waals surface area contributed by atoms with Crippen molar-refractivity contribution in [3.8, 4) is 17.0 Å². The molecule has 84 valence electrons. The van der Waals surface area contributed by atoms with E-state index in [1.54, 1.807) is 7.11 Å². The third kappa shape index (κ3) is 1.56. The summed E-state index contributed by atoms with van der Waals surface area (Å²) in [6.45, 7) is 0. The van der Waals surface area contributed by atoms with Crippen LogP contribution < -0.4 is 4.74 Å². The fourth-order valence-corrected chi connectivity index (χ4v) is 1.99. The summed E-state index contributed by atoms with van der Waals surface area (Å²) in [6, 6.07) is 14.0. The highest BCUT2D eigenvalue weighted by atomic mass is 16.5. The van der Waals surface area contributed by atoms with Crippen LogP contribution in [0.25, 0.3) is 16.8 Å². The smallest absolute Gasteiger partial charge is 0.128 e. The summed E-state index contributed by atoms with van der Waals surface area (Å²) in [5.74, 6) is 0.844. The van der Waals surface area contributed by atoms with Crippen molar-refractivity contribution in [1.29, 1.82) is 0 Å². The molecule has 0 aliphatic rings. The number of para-hydroxylation sites is 1. The number of imidazole rings is 1. The van der Waals surface area contributed by atoms with Crippen LogP contribution in [0.5, 0.6) is 5.75 Å². The maximum Gasteiger partial charge on any atom is 0.128 e. The molecule has 0 bridgehead atoms. The lowest BCUT2D eigenvalue weighted by atomic mass is 10.1. The molecule has 3 nitrogen and oxygen atoms in total. The number of nitrogens with zero attached hydrogens (tertiary/aromatic N) is 2. The van der Waals surface area contributed by atoms with Gasteiger partial charge in [-0.1, -0.05) is 18.2 Å². The maximum atomic E-state index is 5.37.